The van der Waals surface area contributed by atoms with Gasteiger partial charge in [0.05, 0.1) is 16.1 Å². The van der Waals surface area contributed by atoms with E-state index in [-0.39, 0.29) is 6.54 Å². The zero-order valence-electron chi connectivity index (χ0n) is 6.49. The van der Waals surface area contributed by atoms with Gasteiger partial charge in [-0.3, -0.25) is 8.72 Å². The van der Waals surface area contributed by atoms with Gasteiger partial charge in [0.25, 0.3) is 0 Å². The SMILES string of the molecule is CCCCN(Br)C(=O)C(F)(F)F. The second-order valence-electron chi connectivity index (χ2n) is 2.24. The fraction of sp³-hybridized carbons (Fsp3) is 0.833. The summed E-state index contributed by atoms with van der Waals surface area (Å²) in [5.41, 5.74) is 0. The molecular formula is C6H9BrF3NO. The molecule has 0 saturated carbocycles. The van der Waals surface area contributed by atoms with Crippen LogP contribution in [0.4, 0.5) is 13.2 Å². The Kier molecular flexibility index (Phi) is 4.59. The number of unbranched alkanes of at least 4 members (excludes halogenated alkanes) is 1. The number of nitrogens with zero attached hydrogens (tertiary/aromatic N) is 1. The third-order valence-corrected chi connectivity index (χ3v) is 1.85. The maximum absolute atomic E-state index is 11.7. The fourth-order valence-corrected chi connectivity index (χ4v) is 0.988. The topological polar surface area (TPSA) is 20.3 Å². The van der Waals surface area contributed by atoms with E-state index in [1.807, 2.05) is 6.92 Å². The first-order chi connectivity index (χ1) is 5.39. The maximum atomic E-state index is 11.7. The van der Waals surface area contributed by atoms with Gasteiger partial charge in [-0.2, -0.15) is 13.2 Å². The van der Waals surface area contributed by atoms with E-state index < -0.39 is 12.1 Å². The van der Waals surface area contributed by atoms with Crippen molar-refractivity contribution in [1.82, 2.24) is 3.93 Å². The van der Waals surface area contributed by atoms with Gasteiger partial charge in [0.15, 0.2) is 0 Å². The van der Waals surface area contributed by atoms with Gasteiger partial charge in [-0.05, 0) is 6.42 Å². The molecule has 0 N–H and O–H groups in total. The van der Waals surface area contributed by atoms with Crippen LogP contribution in [0.15, 0.2) is 0 Å². The predicted octanol–water partition coefficient (Wildman–Crippen LogP) is 2.49. The first kappa shape index (κ1) is 11.7. The van der Waals surface area contributed by atoms with E-state index >= 15 is 0 Å². The van der Waals surface area contributed by atoms with Crippen LogP contribution >= 0.6 is 16.1 Å². The quantitative estimate of drug-likeness (QED) is 0.702. The summed E-state index contributed by atoms with van der Waals surface area (Å²) in [7, 11) is 0. The Bertz CT molecular complexity index is 159. The third-order valence-electron chi connectivity index (χ3n) is 1.17. The summed E-state index contributed by atoms with van der Waals surface area (Å²) in [6.07, 6.45) is -3.49. The van der Waals surface area contributed by atoms with Gasteiger partial charge >= 0.3 is 12.1 Å². The van der Waals surface area contributed by atoms with E-state index in [2.05, 4.69) is 16.1 Å². The first-order valence-electron chi connectivity index (χ1n) is 3.44. The van der Waals surface area contributed by atoms with Crippen LogP contribution in [0.1, 0.15) is 19.8 Å². The summed E-state index contributed by atoms with van der Waals surface area (Å²) >= 11 is 2.54. The molecule has 0 bridgehead atoms. The van der Waals surface area contributed by atoms with Crippen LogP contribution in [-0.4, -0.2) is 22.6 Å². The van der Waals surface area contributed by atoms with Gasteiger partial charge in [0.2, 0.25) is 0 Å². The number of carbonyl (C=O) groups excluding carboxylic acids is 1. The van der Waals surface area contributed by atoms with Crippen LogP contribution in [0.25, 0.3) is 0 Å². The average molecular weight is 248 g/mol. The minimum atomic E-state index is -4.78. The van der Waals surface area contributed by atoms with Gasteiger partial charge in [0, 0.05) is 6.54 Å². The van der Waals surface area contributed by atoms with Crippen molar-refractivity contribution in [3.05, 3.63) is 0 Å². The minimum absolute atomic E-state index is 0.0782. The molecule has 1 amide bonds. The standard InChI is InChI=1S/C6H9BrF3NO/c1-2-3-4-11(7)5(12)6(8,9)10/h2-4H2,1H3. The lowest BCUT2D eigenvalue weighted by molar-refractivity contribution is -0.179. The Hall–Kier alpha value is -0.260. The molecule has 0 aliphatic rings. The normalized spacial score (nSPS) is 11.4. The van der Waals surface area contributed by atoms with E-state index in [9.17, 15) is 18.0 Å². The Morgan fingerprint density at radius 1 is 1.50 bits per heavy atom. The number of halogens is 4. The number of hydrogen-bond donors (Lipinski definition) is 0. The maximum Gasteiger partial charge on any atom is 0.472 e. The summed E-state index contributed by atoms with van der Waals surface area (Å²) in [6, 6.07) is 0. The predicted molar refractivity (Wildman–Crippen MR) is 41.6 cm³/mol. The molecule has 2 nitrogen and oxygen atoms in total. The highest BCUT2D eigenvalue weighted by Gasteiger charge is 2.41. The summed E-state index contributed by atoms with van der Waals surface area (Å²) in [4.78, 5) is 10.4. The molecule has 0 spiro atoms. The van der Waals surface area contributed by atoms with Crippen molar-refractivity contribution >= 4 is 22.1 Å². The van der Waals surface area contributed by atoms with Crippen molar-refractivity contribution in [3.63, 3.8) is 0 Å². The first-order valence-corrected chi connectivity index (χ1v) is 4.15. The van der Waals surface area contributed by atoms with Crippen molar-refractivity contribution in [3.8, 4) is 0 Å². The molecule has 0 saturated heterocycles. The Morgan fingerprint density at radius 2 is 2.00 bits per heavy atom. The number of hydrogen-bond acceptors (Lipinski definition) is 1. The molecule has 0 fully saturated rings. The lowest BCUT2D eigenvalue weighted by Crippen LogP contribution is -2.35. The lowest BCUT2D eigenvalue weighted by Gasteiger charge is -2.15. The second-order valence-corrected chi connectivity index (χ2v) is 3.10. The third kappa shape index (κ3) is 3.94. The molecule has 6 heteroatoms. The van der Waals surface area contributed by atoms with Crippen molar-refractivity contribution < 1.29 is 18.0 Å². The van der Waals surface area contributed by atoms with Crippen LogP contribution in [0, 0.1) is 0 Å². The zero-order valence-corrected chi connectivity index (χ0v) is 8.07. The number of amides is 1. The monoisotopic (exact) mass is 247 g/mol. The van der Waals surface area contributed by atoms with E-state index in [1.165, 1.54) is 0 Å². The molecule has 0 aliphatic heterocycles. The molecule has 72 valence electrons. The van der Waals surface area contributed by atoms with Gasteiger partial charge in [-0.15, -0.1) is 0 Å². The molecule has 0 aliphatic carbocycles. The van der Waals surface area contributed by atoms with Gasteiger partial charge < -0.3 is 0 Å². The second kappa shape index (κ2) is 4.69. The van der Waals surface area contributed by atoms with Crippen molar-refractivity contribution in [2.24, 2.45) is 0 Å². The minimum Gasteiger partial charge on any atom is -0.271 e. The molecule has 0 rings (SSSR count). The molecule has 0 aromatic heterocycles. The van der Waals surface area contributed by atoms with Gasteiger partial charge in [-0.1, -0.05) is 13.3 Å². The number of carbonyl (C=O) groups is 1. The Balaban J connectivity index is 3.94. The Labute approximate surface area is 77.1 Å². The van der Waals surface area contributed by atoms with E-state index in [1.54, 1.807) is 0 Å². The summed E-state index contributed by atoms with van der Waals surface area (Å²) < 4.78 is 35.6. The highest BCUT2D eigenvalue weighted by Crippen LogP contribution is 2.20. The van der Waals surface area contributed by atoms with E-state index in [4.69, 9.17) is 0 Å². The molecule has 12 heavy (non-hydrogen) atoms. The zero-order chi connectivity index (χ0) is 9.78. The van der Waals surface area contributed by atoms with Crippen LogP contribution < -0.4 is 0 Å². The smallest absolute Gasteiger partial charge is 0.271 e. The molecular weight excluding hydrogens is 239 g/mol. The summed E-state index contributed by atoms with van der Waals surface area (Å²) in [5.74, 6) is -1.85. The molecule has 0 aromatic carbocycles. The largest absolute Gasteiger partial charge is 0.472 e. The molecule has 0 heterocycles. The lowest BCUT2D eigenvalue weighted by atomic mass is 10.3. The Morgan fingerprint density at radius 3 is 2.33 bits per heavy atom. The van der Waals surface area contributed by atoms with Gasteiger partial charge in [-0.25, -0.2) is 0 Å². The van der Waals surface area contributed by atoms with Crippen LogP contribution in [0.3, 0.4) is 0 Å². The molecule has 0 radical (unpaired) electrons. The van der Waals surface area contributed by atoms with Crippen molar-refractivity contribution in [2.45, 2.75) is 25.9 Å². The average Bonchev–Trinajstić information content (AvgIpc) is 1.97. The van der Waals surface area contributed by atoms with Crippen LogP contribution in [0.5, 0.6) is 0 Å². The molecule has 0 aromatic rings. The molecule has 0 unspecified atom stereocenters. The van der Waals surface area contributed by atoms with Crippen LogP contribution in [-0.2, 0) is 4.79 Å². The number of rotatable bonds is 3. The molecule has 0 atom stereocenters. The van der Waals surface area contributed by atoms with Crippen LogP contribution in [0.2, 0.25) is 0 Å². The van der Waals surface area contributed by atoms with E-state index in [0.717, 1.165) is 6.42 Å². The highest BCUT2D eigenvalue weighted by molar-refractivity contribution is 9.07. The fourth-order valence-electron chi connectivity index (χ4n) is 0.536. The number of alkyl halides is 3. The van der Waals surface area contributed by atoms with Crippen molar-refractivity contribution in [1.29, 1.82) is 0 Å². The highest BCUT2D eigenvalue weighted by atomic mass is 79.9. The summed E-state index contributed by atoms with van der Waals surface area (Å²) in [5, 5.41) is 0. The van der Waals surface area contributed by atoms with Crippen molar-refractivity contribution in [2.75, 3.05) is 6.54 Å². The summed E-state index contributed by atoms with van der Waals surface area (Å²) in [6.45, 7) is 1.91. The van der Waals surface area contributed by atoms with E-state index in [0.29, 0.717) is 10.3 Å². The van der Waals surface area contributed by atoms with Gasteiger partial charge in [0.1, 0.15) is 0 Å².